The SMILES string of the molecule is COc1ccc2c(COC(=O)NC3CCc4cc(OC)c(OC)c(OC)c4-c4cccc(=O)cc43)cccc2c1. The summed E-state index contributed by atoms with van der Waals surface area (Å²) in [6, 6.07) is 19.7. The number of benzene rings is 3. The molecule has 8 nitrogen and oxygen atoms in total. The van der Waals surface area contributed by atoms with E-state index in [0.717, 1.165) is 38.8 Å². The Kier molecular flexibility index (Phi) is 7.77. The topological polar surface area (TPSA) is 92.3 Å². The molecule has 0 saturated carbocycles. The zero-order valence-corrected chi connectivity index (χ0v) is 22.9. The highest BCUT2D eigenvalue weighted by molar-refractivity contribution is 5.87. The number of carbonyl (C=O) groups excluding carboxylic acids is 1. The normalized spacial score (nSPS) is 13.8. The number of carbonyl (C=O) groups is 1. The second kappa shape index (κ2) is 11.6. The Morgan fingerprint density at radius 2 is 1.68 bits per heavy atom. The Labute approximate surface area is 232 Å². The predicted octanol–water partition coefficient (Wildman–Crippen LogP) is 5.82. The smallest absolute Gasteiger partial charge is 0.407 e. The maximum absolute atomic E-state index is 13.1. The molecule has 1 unspecified atom stereocenters. The van der Waals surface area contributed by atoms with E-state index < -0.39 is 12.1 Å². The largest absolute Gasteiger partial charge is 0.497 e. The van der Waals surface area contributed by atoms with Crippen molar-refractivity contribution >= 4 is 16.9 Å². The molecule has 1 aliphatic rings. The van der Waals surface area contributed by atoms with Gasteiger partial charge in [-0.25, -0.2) is 4.79 Å². The van der Waals surface area contributed by atoms with Crippen molar-refractivity contribution in [1.29, 1.82) is 0 Å². The number of amides is 1. The third kappa shape index (κ3) is 5.12. The summed E-state index contributed by atoms with van der Waals surface area (Å²) in [6.45, 7) is 0.0902. The number of nitrogens with one attached hydrogen (secondary N) is 1. The van der Waals surface area contributed by atoms with Crippen LogP contribution < -0.4 is 29.7 Å². The molecular formula is C32H31NO7. The number of methoxy groups -OCH3 is 4. The number of fused-ring (bicyclic) bond motifs is 4. The summed E-state index contributed by atoms with van der Waals surface area (Å²) in [5, 5.41) is 4.97. The molecule has 206 valence electrons. The molecule has 0 aromatic heterocycles. The standard InChI is InChI=1S/C32H31NO7/c1-36-23-12-13-24-19(15-23)7-5-8-21(24)18-40-32(35)33-27-14-11-20-16-28(37-2)30(38-3)31(39-4)29(20)25-10-6-9-22(34)17-26(25)27/h5-10,12-13,15-17,27H,11,14,18H2,1-4H3,(H,33,35). The zero-order chi connectivity index (χ0) is 28.2. The predicted molar refractivity (Wildman–Crippen MR) is 153 cm³/mol. The Bertz CT molecular complexity index is 1630. The lowest BCUT2D eigenvalue weighted by Gasteiger charge is -2.20. The first-order valence-electron chi connectivity index (χ1n) is 12.9. The van der Waals surface area contributed by atoms with Crippen LogP contribution in [0.4, 0.5) is 4.79 Å². The summed E-state index contributed by atoms with van der Waals surface area (Å²) in [6.07, 6.45) is 0.550. The van der Waals surface area contributed by atoms with Crippen LogP contribution in [0.25, 0.3) is 21.9 Å². The van der Waals surface area contributed by atoms with Crippen molar-refractivity contribution in [3.63, 3.8) is 0 Å². The fourth-order valence-corrected chi connectivity index (χ4v) is 5.34. The molecule has 0 aliphatic heterocycles. The lowest BCUT2D eigenvalue weighted by Crippen LogP contribution is -2.29. The first kappa shape index (κ1) is 26.9. The average molecular weight is 542 g/mol. The van der Waals surface area contributed by atoms with E-state index in [1.165, 1.54) is 6.07 Å². The van der Waals surface area contributed by atoms with E-state index in [1.54, 1.807) is 40.6 Å². The van der Waals surface area contributed by atoms with Crippen LogP contribution in [0.1, 0.15) is 29.2 Å². The molecule has 0 spiro atoms. The van der Waals surface area contributed by atoms with Crippen LogP contribution >= 0.6 is 0 Å². The van der Waals surface area contributed by atoms with Crippen LogP contribution in [-0.2, 0) is 17.8 Å². The van der Waals surface area contributed by atoms with Crippen molar-refractivity contribution < 1.29 is 28.5 Å². The quantitative estimate of drug-likeness (QED) is 0.315. The van der Waals surface area contributed by atoms with Gasteiger partial charge in [-0.2, -0.15) is 0 Å². The van der Waals surface area contributed by atoms with Crippen molar-refractivity contribution in [2.24, 2.45) is 0 Å². The van der Waals surface area contributed by atoms with E-state index in [0.29, 0.717) is 35.7 Å². The van der Waals surface area contributed by atoms with Crippen molar-refractivity contribution in [1.82, 2.24) is 5.32 Å². The van der Waals surface area contributed by atoms with Crippen molar-refractivity contribution in [3.8, 4) is 34.1 Å². The van der Waals surface area contributed by atoms with Crippen LogP contribution in [-0.4, -0.2) is 34.5 Å². The monoisotopic (exact) mass is 541 g/mol. The van der Waals surface area contributed by atoms with Crippen LogP contribution in [0.3, 0.4) is 0 Å². The van der Waals surface area contributed by atoms with Gasteiger partial charge in [-0.1, -0.05) is 36.4 Å². The Hall–Kier alpha value is -4.72. The summed E-state index contributed by atoms with van der Waals surface area (Å²) >= 11 is 0. The molecule has 4 aromatic carbocycles. The first-order valence-corrected chi connectivity index (χ1v) is 12.9. The Morgan fingerprint density at radius 1 is 0.875 bits per heavy atom. The summed E-state index contributed by atoms with van der Waals surface area (Å²) < 4.78 is 28.0. The number of rotatable bonds is 7. The van der Waals surface area contributed by atoms with Crippen molar-refractivity contribution in [3.05, 3.63) is 93.6 Å². The molecule has 1 atom stereocenters. The molecule has 0 radical (unpaired) electrons. The van der Waals surface area contributed by atoms with E-state index in [4.69, 9.17) is 23.7 Å². The zero-order valence-electron chi connectivity index (χ0n) is 22.9. The van der Waals surface area contributed by atoms with Crippen molar-refractivity contribution in [2.45, 2.75) is 25.5 Å². The van der Waals surface area contributed by atoms with Gasteiger partial charge in [0.05, 0.1) is 34.5 Å². The van der Waals surface area contributed by atoms with E-state index in [-0.39, 0.29) is 12.0 Å². The molecular weight excluding hydrogens is 510 g/mol. The number of aryl methyl sites for hydroxylation is 1. The molecule has 0 saturated heterocycles. The lowest BCUT2D eigenvalue weighted by molar-refractivity contribution is 0.135. The molecule has 40 heavy (non-hydrogen) atoms. The van der Waals surface area contributed by atoms with Gasteiger partial charge in [-0.05, 0) is 76.2 Å². The molecule has 0 fully saturated rings. The number of hydrogen-bond donors (Lipinski definition) is 1. The second-order valence-electron chi connectivity index (χ2n) is 9.44. The van der Waals surface area contributed by atoms with Gasteiger partial charge in [-0.15, -0.1) is 0 Å². The van der Waals surface area contributed by atoms with Crippen LogP contribution in [0.15, 0.2) is 71.5 Å². The number of ether oxygens (including phenoxy) is 5. The molecule has 0 bridgehead atoms. The van der Waals surface area contributed by atoms with E-state index in [2.05, 4.69) is 5.32 Å². The summed E-state index contributed by atoms with van der Waals surface area (Å²) in [4.78, 5) is 25.7. The van der Waals surface area contributed by atoms with Gasteiger partial charge in [0.2, 0.25) is 5.75 Å². The van der Waals surface area contributed by atoms with E-state index in [1.807, 2.05) is 48.5 Å². The highest BCUT2D eigenvalue weighted by Gasteiger charge is 2.29. The van der Waals surface area contributed by atoms with Gasteiger partial charge in [0.15, 0.2) is 16.9 Å². The van der Waals surface area contributed by atoms with E-state index >= 15 is 0 Å². The minimum Gasteiger partial charge on any atom is -0.497 e. The van der Waals surface area contributed by atoms with Gasteiger partial charge < -0.3 is 29.0 Å². The van der Waals surface area contributed by atoms with Gasteiger partial charge in [0, 0.05) is 5.56 Å². The summed E-state index contributed by atoms with van der Waals surface area (Å²) in [5.41, 5.74) is 3.90. The molecule has 1 aliphatic carbocycles. The molecule has 0 heterocycles. The minimum absolute atomic E-state index is 0.0902. The Morgan fingerprint density at radius 3 is 2.42 bits per heavy atom. The molecule has 5 rings (SSSR count). The van der Waals surface area contributed by atoms with Gasteiger partial charge in [-0.3, -0.25) is 4.79 Å². The third-order valence-electron chi connectivity index (χ3n) is 7.22. The fraction of sp³-hybridized carbons (Fsp3) is 0.250. The molecule has 4 aromatic rings. The van der Waals surface area contributed by atoms with Crippen LogP contribution in [0, 0.1) is 0 Å². The van der Waals surface area contributed by atoms with Crippen LogP contribution in [0.2, 0.25) is 0 Å². The van der Waals surface area contributed by atoms with Crippen LogP contribution in [0.5, 0.6) is 23.0 Å². The summed E-state index contributed by atoms with van der Waals surface area (Å²) in [7, 11) is 6.32. The average Bonchev–Trinajstić information content (AvgIpc) is 3.24. The number of alkyl carbamates (subject to hydrolysis) is 1. The van der Waals surface area contributed by atoms with Gasteiger partial charge in [0.1, 0.15) is 12.4 Å². The molecule has 8 heteroatoms. The maximum atomic E-state index is 13.1. The first-order chi connectivity index (χ1) is 19.5. The summed E-state index contributed by atoms with van der Waals surface area (Å²) in [5.74, 6) is 2.27. The highest BCUT2D eigenvalue weighted by Crippen LogP contribution is 2.50. The third-order valence-corrected chi connectivity index (χ3v) is 7.22. The minimum atomic E-state index is -0.575. The maximum Gasteiger partial charge on any atom is 0.407 e. The second-order valence-corrected chi connectivity index (χ2v) is 9.44. The Balaban J connectivity index is 1.46. The van der Waals surface area contributed by atoms with Crippen molar-refractivity contribution in [2.75, 3.05) is 28.4 Å². The molecule has 1 amide bonds. The lowest BCUT2D eigenvalue weighted by atomic mass is 9.95. The van der Waals surface area contributed by atoms with Gasteiger partial charge in [0.25, 0.3) is 0 Å². The molecule has 1 N–H and O–H groups in total. The van der Waals surface area contributed by atoms with E-state index in [9.17, 15) is 9.59 Å². The number of hydrogen-bond acceptors (Lipinski definition) is 7. The highest BCUT2D eigenvalue weighted by atomic mass is 16.5. The fourth-order valence-electron chi connectivity index (χ4n) is 5.34. The van der Waals surface area contributed by atoms with Gasteiger partial charge >= 0.3 is 6.09 Å².